The summed E-state index contributed by atoms with van der Waals surface area (Å²) >= 11 is 0. The van der Waals surface area contributed by atoms with Gasteiger partial charge < -0.3 is 18.9 Å². The number of carbonyl (C=O) groups excluding carboxylic acids is 1. The number of aryl methyl sites for hydroxylation is 1. The van der Waals surface area contributed by atoms with Gasteiger partial charge in [-0.3, -0.25) is 9.59 Å². The van der Waals surface area contributed by atoms with E-state index >= 15 is 0 Å². The van der Waals surface area contributed by atoms with E-state index in [1.807, 2.05) is 4.57 Å². The molecule has 0 spiro atoms. The lowest BCUT2D eigenvalue weighted by Crippen LogP contribution is -2.38. The highest BCUT2D eigenvalue weighted by Crippen LogP contribution is 2.35. The van der Waals surface area contributed by atoms with Crippen molar-refractivity contribution in [2.24, 2.45) is 0 Å². The largest absolute Gasteiger partial charge is 0.486 e. The van der Waals surface area contributed by atoms with E-state index in [-0.39, 0.29) is 32.1 Å². The number of nitrogens with one attached hydrogen (secondary N) is 1. The van der Waals surface area contributed by atoms with Crippen LogP contribution in [-0.2, 0) is 35.0 Å². The monoisotopic (exact) mass is 547 g/mol. The molecule has 4 heterocycles. The predicted octanol–water partition coefficient (Wildman–Crippen LogP) is 3.68. The maximum absolute atomic E-state index is 13.1. The smallest absolute Gasteiger partial charge is 0.425 e. The van der Waals surface area contributed by atoms with Crippen LogP contribution in [0.5, 0.6) is 5.75 Å². The van der Waals surface area contributed by atoms with Gasteiger partial charge in [0.25, 0.3) is 5.56 Å². The van der Waals surface area contributed by atoms with Gasteiger partial charge in [-0.2, -0.15) is 31.4 Å². The minimum atomic E-state index is -4.94. The normalized spacial score (nSPS) is 15.0. The molecular formula is C23H23F6N5O4. The number of rotatable bonds is 7. The lowest BCUT2D eigenvalue weighted by Gasteiger charge is -2.29. The number of alkyl halides is 6. The van der Waals surface area contributed by atoms with Gasteiger partial charge in [-0.25, -0.2) is 10.1 Å². The number of fused-ring (bicyclic) bond motifs is 3. The molecule has 0 saturated heterocycles. The molecule has 1 aliphatic rings. The lowest BCUT2D eigenvalue weighted by atomic mass is 10.1. The van der Waals surface area contributed by atoms with Gasteiger partial charge in [-0.05, 0) is 25.5 Å². The van der Waals surface area contributed by atoms with Crippen molar-refractivity contribution in [2.75, 3.05) is 19.8 Å². The lowest BCUT2D eigenvalue weighted by molar-refractivity contribution is -0.141. The van der Waals surface area contributed by atoms with Gasteiger partial charge in [0.1, 0.15) is 11.8 Å². The number of amides is 1. The molecule has 9 nitrogen and oxygen atoms in total. The highest BCUT2D eigenvalue weighted by Gasteiger charge is 2.38. The van der Waals surface area contributed by atoms with Crippen molar-refractivity contribution in [3.63, 3.8) is 0 Å². The van der Waals surface area contributed by atoms with Crippen molar-refractivity contribution in [1.29, 1.82) is 0 Å². The summed E-state index contributed by atoms with van der Waals surface area (Å²) in [5.41, 5.74) is -2.03. The Balaban J connectivity index is 1.32. The van der Waals surface area contributed by atoms with E-state index in [9.17, 15) is 35.9 Å². The van der Waals surface area contributed by atoms with E-state index in [4.69, 9.17) is 9.47 Å². The number of carbonyl (C=O) groups is 1. The van der Waals surface area contributed by atoms with Gasteiger partial charge in [0.2, 0.25) is 5.91 Å². The molecule has 0 radical (unpaired) electrons. The average molecular weight is 547 g/mol. The zero-order valence-corrected chi connectivity index (χ0v) is 20.2. The second-order valence-corrected chi connectivity index (χ2v) is 8.82. The number of nitrogens with zero attached hydrogens (tertiary/aromatic N) is 4. The van der Waals surface area contributed by atoms with Gasteiger partial charge >= 0.3 is 12.4 Å². The number of hydrogen-bond acceptors (Lipinski definition) is 6. The highest BCUT2D eigenvalue weighted by molar-refractivity contribution is 5.83. The quantitative estimate of drug-likeness (QED) is 0.358. The Hall–Kier alpha value is -3.62. The van der Waals surface area contributed by atoms with Gasteiger partial charge in [-0.1, -0.05) is 0 Å². The van der Waals surface area contributed by atoms with Crippen molar-refractivity contribution < 1.29 is 40.6 Å². The van der Waals surface area contributed by atoms with E-state index in [0.717, 1.165) is 18.5 Å². The SMILES string of the molecule is Cc1c2n(c3ncc(C(F)(F)F)cc13)CCN(C(=O)CCOC[C@H](C)Oc1cn[nH]c(=O)c1C(F)(F)F)C2. The maximum Gasteiger partial charge on any atom is 0.425 e. The maximum atomic E-state index is 13.1. The summed E-state index contributed by atoms with van der Waals surface area (Å²) in [4.78, 5) is 29.8. The van der Waals surface area contributed by atoms with Crippen LogP contribution in [-0.4, -0.2) is 56.4 Å². The van der Waals surface area contributed by atoms with Crippen molar-refractivity contribution >= 4 is 16.9 Å². The molecule has 3 aromatic heterocycles. The molecule has 0 aliphatic carbocycles. The standard InChI is InChI=1S/C23H23F6N5O4/c1-12(38-17-9-31-32-21(36)19(17)23(27,28)29)11-37-6-3-18(35)33-4-5-34-16(10-33)13(2)15-7-14(22(24,25)26)8-30-20(15)34/h7-9,12H,3-6,10-11H2,1-2H3,(H,32,36)/t12-/m0/s1. The van der Waals surface area contributed by atoms with E-state index < -0.39 is 40.9 Å². The average Bonchev–Trinajstić information content (AvgIpc) is 3.11. The number of pyridine rings is 1. The van der Waals surface area contributed by atoms with Crippen LogP contribution in [0.25, 0.3) is 11.0 Å². The third-order valence-electron chi connectivity index (χ3n) is 6.15. The van der Waals surface area contributed by atoms with Crippen LogP contribution in [0.2, 0.25) is 0 Å². The second-order valence-electron chi connectivity index (χ2n) is 8.82. The number of aromatic amines is 1. The molecule has 1 atom stereocenters. The number of ether oxygens (including phenoxy) is 2. The fraction of sp³-hybridized carbons (Fsp3) is 0.478. The molecule has 38 heavy (non-hydrogen) atoms. The van der Waals surface area contributed by atoms with Crippen molar-refractivity contribution in [3.8, 4) is 5.75 Å². The summed E-state index contributed by atoms with van der Waals surface area (Å²) in [6, 6.07) is 1.06. The topological polar surface area (TPSA) is 102 Å². The van der Waals surface area contributed by atoms with Crippen LogP contribution in [0.4, 0.5) is 26.3 Å². The van der Waals surface area contributed by atoms with Gasteiger partial charge in [0.05, 0.1) is 37.9 Å². The Kier molecular flexibility index (Phi) is 7.41. The first kappa shape index (κ1) is 27.4. The van der Waals surface area contributed by atoms with Crippen molar-refractivity contribution in [3.05, 3.63) is 51.2 Å². The molecule has 1 amide bonds. The first-order valence-corrected chi connectivity index (χ1v) is 11.5. The molecule has 4 rings (SSSR count). The van der Waals surface area contributed by atoms with Crippen LogP contribution in [0.3, 0.4) is 0 Å². The van der Waals surface area contributed by atoms with Crippen LogP contribution in [0.15, 0.2) is 23.3 Å². The predicted molar refractivity (Wildman–Crippen MR) is 120 cm³/mol. The number of H-pyrrole nitrogens is 1. The Bertz CT molecular complexity index is 1400. The molecule has 3 aromatic rings. The van der Waals surface area contributed by atoms with Crippen LogP contribution < -0.4 is 10.3 Å². The first-order valence-electron chi connectivity index (χ1n) is 11.5. The van der Waals surface area contributed by atoms with E-state index in [1.54, 1.807) is 16.9 Å². The molecule has 15 heteroatoms. The third-order valence-corrected chi connectivity index (χ3v) is 6.15. The fourth-order valence-electron chi connectivity index (χ4n) is 4.28. The van der Waals surface area contributed by atoms with E-state index in [0.29, 0.717) is 35.4 Å². The Morgan fingerprint density at radius 3 is 2.58 bits per heavy atom. The minimum absolute atomic E-state index is 0.0250. The summed E-state index contributed by atoms with van der Waals surface area (Å²) < 4.78 is 91.1. The molecule has 1 aliphatic heterocycles. The van der Waals surface area contributed by atoms with Gasteiger partial charge in [0, 0.05) is 30.4 Å². The summed E-state index contributed by atoms with van der Waals surface area (Å²) in [6.07, 6.45) is -8.81. The Morgan fingerprint density at radius 2 is 1.89 bits per heavy atom. The number of halogens is 6. The molecule has 0 bridgehead atoms. The summed E-state index contributed by atoms with van der Waals surface area (Å²) in [7, 11) is 0. The van der Waals surface area contributed by atoms with E-state index in [2.05, 4.69) is 10.1 Å². The molecule has 0 aromatic carbocycles. The van der Waals surface area contributed by atoms with Gasteiger partial charge in [0.15, 0.2) is 11.3 Å². The molecule has 0 unspecified atom stereocenters. The molecule has 0 saturated carbocycles. The number of aromatic nitrogens is 4. The van der Waals surface area contributed by atoms with Crippen LogP contribution in [0, 0.1) is 6.92 Å². The molecule has 1 N–H and O–H groups in total. The Morgan fingerprint density at radius 1 is 1.16 bits per heavy atom. The summed E-state index contributed by atoms with van der Waals surface area (Å²) in [5.74, 6) is -0.985. The Labute approximate surface area is 211 Å². The van der Waals surface area contributed by atoms with E-state index in [1.165, 1.54) is 6.92 Å². The fourth-order valence-corrected chi connectivity index (χ4v) is 4.28. The zero-order chi connectivity index (χ0) is 27.8. The van der Waals surface area contributed by atoms with Crippen molar-refractivity contribution in [2.45, 2.75) is 51.8 Å². The number of hydrogen-bond donors (Lipinski definition) is 1. The first-order chi connectivity index (χ1) is 17.8. The molecular weight excluding hydrogens is 524 g/mol. The second kappa shape index (κ2) is 10.3. The molecule has 0 fully saturated rings. The van der Waals surface area contributed by atoms with Crippen LogP contribution >= 0.6 is 0 Å². The zero-order valence-electron chi connectivity index (χ0n) is 20.2. The van der Waals surface area contributed by atoms with Gasteiger partial charge in [-0.15, -0.1) is 0 Å². The highest BCUT2D eigenvalue weighted by atomic mass is 19.4. The molecule has 206 valence electrons. The minimum Gasteiger partial charge on any atom is -0.486 e. The van der Waals surface area contributed by atoms with Crippen molar-refractivity contribution in [1.82, 2.24) is 24.6 Å². The third kappa shape index (κ3) is 5.61. The summed E-state index contributed by atoms with van der Waals surface area (Å²) in [5, 5.41) is 5.42. The van der Waals surface area contributed by atoms with Crippen LogP contribution in [0.1, 0.15) is 35.7 Å². The summed E-state index contributed by atoms with van der Waals surface area (Å²) in [6.45, 7) is 3.81.